The number of benzene rings is 1. The lowest BCUT2D eigenvalue weighted by Gasteiger charge is -2.28. The number of nitrogens with one attached hydrogen (secondary N) is 3. The van der Waals surface area contributed by atoms with E-state index in [1.54, 1.807) is 30.3 Å². The van der Waals surface area contributed by atoms with Crippen LogP contribution in [0.1, 0.15) is 28.1 Å². The fourth-order valence-corrected chi connectivity index (χ4v) is 4.75. The maximum Gasteiger partial charge on any atom is 0.254 e. The van der Waals surface area contributed by atoms with E-state index in [1.807, 2.05) is 6.07 Å². The Kier molecular flexibility index (Phi) is 5.04. The van der Waals surface area contributed by atoms with Gasteiger partial charge in [-0.2, -0.15) is 0 Å². The number of anilines is 2. The SMILES string of the molecule is COc1ccc2c(c1)C(=O)N(C[C@@]1(c3cc4nc(Nc5nccc(=O)[nH]5)ccc4o3)CC(=O)NC1=O)C2. The Morgan fingerprint density at radius 1 is 1.14 bits per heavy atom. The highest BCUT2D eigenvalue weighted by Gasteiger charge is 2.53. The molecule has 2 aliphatic rings. The number of hydrogen-bond donors (Lipinski definition) is 3. The topological polar surface area (TPSA) is 160 Å². The summed E-state index contributed by atoms with van der Waals surface area (Å²) in [6.45, 7) is 0.233. The van der Waals surface area contributed by atoms with Crippen LogP contribution in [0.4, 0.5) is 11.8 Å². The van der Waals surface area contributed by atoms with Gasteiger partial charge in [-0.25, -0.2) is 9.97 Å². The number of carbonyl (C=O) groups excluding carboxylic acids is 3. The molecule has 4 aromatic rings. The maximum absolute atomic E-state index is 13.2. The number of fused-ring (bicyclic) bond motifs is 2. The number of hydrogen-bond acceptors (Lipinski definition) is 9. The zero-order valence-corrected chi connectivity index (χ0v) is 19.5. The van der Waals surface area contributed by atoms with Gasteiger partial charge in [-0.3, -0.25) is 29.5 Å². The molecule has 0 spiro atoms. The van der Waals surface area contributed by atoms with Gasteiger partial charge in [0.05, 0.1) is 13.5 Å². The molecule has 2 aliphatic heterocycles. The Morgan fingerprint density at radius 3 is 2.76 bits per heavy atom. The molecule has 12 heteroatoms. The lowest BCUT2D eigenvalue weighted by atomic mass is 9.82. The predicted octanol–water partition coefficient (Wildman–Crippen LogP) is 1.60. The molecule has 3 aromatic heterocycles. The number of aromatic amines is 1. The van der Waals surface area contributed by atoms with Gasteiger partial charge in [0.1, 0.15) is 28.3 Å². The van der Waals surface area contributed by atoms with Crippen molar-refractivity contribution in [1.29, 1.82) is 0 Å². The van der Waals surface area contributed by atoms with Gasteiger partial charge in [0.15, 0.2) is 5.58 Å². The van der Waals surface area contributed by atoms with Gasteiger partial charge in [-0.15, -0.1) is 0 Å². The quantitative estimate of drug-likeness (QED) is 0.334. The van der Waals surface area contributed by atoms with E-state index >= 15 is 0 Å². The number of H-pyrrole nitrogens is 1. The number of pyridine rings is 1. The summed E-state index contributed by atoms with van der Waals surface area (Å²) in [4.78, 5) is 62.9. The number of aromatic nitrogens is 3. The highest BCUT2D eigenvalue weighted by atomic mass is 16.5. The van der Waals surface area contributed by atoms with Gasteiger partial charge in [0.2, 0.25) is 17.8 Å². The number of carbonyl (C=O) groups is 3. The van der Waals surface area contributed by atoms with Gasteiger partial charge in [-0.05, 0) is 29.8 Å². The number of methoxy groups -OCH3 is 1. The zero-order chi connectivity index (χ0) is 25.7. The number of rotatable bonds is 6. The van der Waals surface area contributed by atoms with Crippen LogP contribution in [-0.4, -0.2) is 51.2 Å². The van der Waals surface area contributed by atoms with Crippen molar-refractivity contribution in [2.45, 2.75) is 18.4 Å². The summed E-state index contributed by atoms with van der Waals surface area (Å²) in [6, 6.07) is 11.4. The van der Waals surface area contributed by atoms with E-state index < -0.39 is 17.2 Å². The summed E-state index contributed by atoms with van der Waals surface area (Å²) in [6.07, 6.45) is 1.19. The van der Waals surface area contributed by atoms with E-state index in [-0.39, 0.29) is 42.7 Å². The summed E-state index contributed by atoms with van der Waals surface area (Å²) in [5.74, 6) is 0.125. The third kappa shape index (κ3) is 3.78. The van der Waals surface area contributed by atoms with Crippen LogP contribution in [-0.2, 0) is 21.5 Å². The van der Waals surface area contributed by atoms with Crippen LogP contribution in [0.2, 0.25) is 0 Å². The Labute approximate surface area is 208 Å². The van der Waals surface area contributed by atoms with Crippen LogP contribution in [0.25, 0.3) is 11.1 Å². The second-order valence-corrected chi connectivity index (χ2v) is 8.92. The molecule has 1 aromatic carbocycles. The number of furan rings is 1. The second-order valence-electron chi connectivity index (χ2n) is 8.92. The number of amides is 3. The van der Waals surface area contributed by atoms with Gasteiger partial charge >= 0.3 is 0 Å². The molecule has 0 bridgehead atoms. The minimum Gasteiger partial charge on any atom is -0.497 e. The lowest BCUT2D eigenvalue weighted by Crippen LogP contribution is -2.46. The fraction of sp³-hybridized carbons (Fsp3) is 0.200. The molecule has 1 atom stereocenters. The molecule has 3 N–H and O–H groups in total. The van der Waals surface area contributed by atoms with Crippen molar-refractivity contribution in [3.05, 3.63) is 75.9 Å². The molecule has 37 heavy (non-hydrogen) atoms. The smallest absolute Gasteiger partial charge is 0.254 e. The average Bonchev–Trinajstić information content (AvgIpc) is 3.52. The summed E-state index contributed by atoms with van der Waals surface area (Å²) >= 11 is 0. The van der Waals surface area contributed by atoms with E-state index in [4.69, 9.17) is 9.15 Å². The molecule has 0 radical (unpaired) electrons. The van der Waals surface area contributed by atoms with Crippen molar-refractivity contribution >= 4 is 40.6 Å². The van der Waals surface area contributed by atoms with Crippen molar-refractivity contribution < 1.29 is 23.5 Å². The van der Waals surface area contributed by atoms with Crippen LogP contribution in [0.5, 0.6) is 5.75 Å². The van der Waals surface area contributed by atoms with Crippen LogP contribution in [0.15, 0.2) is 57.9 Å². The van der Waals surface area contributed by atoms with E-state index in [1.165, 1.54) is 24.3 Å². The van der Waals surface area contributed by atoms with Gasteiger partial charge < -0.3 is 19.4 Å². The fourth-order valence-electron chi connectivity index (χ4n) is 4.75. The molecule has 5 heterocycles. The molecule has 1 saturated heterocycles. The highest BCUT2D eigenvalue weighted by molar-refractivity contribution is 6.10. The molecule has 12 nitrogen and oxygen atoms in total. The second kappa shape index (κ2) is 8.29. The lowest BCUT2D eigenvalue weighted by molar-refractivity contribution is -0.127. The Hall–Kier alpha value is -5.00. The molecule has 1 fully saturated rings. The van der Waals surface area contributed by atoms with Crippen LogP contribution in [0.3, 0.4) is 0 Å². The first kappa shape index (κ1) is 22.5. The third-order valence-corrected chi connectivity index (χ3v) is 6.57. The minimum absolute atomic E-state index is 0.0551. The van der Waals surface area contributed by atoms with E-state index in [0.717, 1.165) is 5.56 Å². The van der Waals surface area contributed by atoms with Gasteiger partial charge in [0.25, 0.3) is 11.5 Å². The van der Waals surface area contributed by atoms with Gasteiger partial charge in [0, 0.05) is 37.0 Å². The number of imide groups is 1. The molecule has 3 amide bonds. The summed E-state index contributed by atoms with van der Waals surface area (Å²) in [5.41, 5.74) is 0.376. The summed E-state index contributed by atoms with van der Waals surface area (Å²) in [5, 5.41) is 5.27. The standard InChI is InChI=1S/C25H20N6O6/c1-36-14-3-2-13-11-31(22(34)15(13)8-14)12-25(10-21(33)29-23(25)35)18-9-16-17(37-18)4-5-19(27-16)28-24-26-7-6-20(32)30-24/h2-9H,10-12H2,1H3,(H,29,33,35)(H2,26,27,28,30,32)/t25-/m1/s1. The van der Waals surface area contributed by atoms with E-state index in [2.05, 4.69) is 25.6 Å². The first-order valence-electron chi connectivity index (χ1n) is 11.4. The van der Waals surface area contributed by atoms with Crippen molar-refractivity contribution in [2.75, 3.05) is 19.0 Å². The Balaban J connectivity index is 1.34. The van der Waals surface area contributed by atoms with E-state index in [9.17, 15) is 19.2 Å². The third-order valence-electron chi connectivity index (χ3n) is 6.57. The minimum atomic E-state index is -1.42. The predicted molar refractivity (Wildman–Crippen MR) is 129 cm³/mol. The van der Waals surface area contributed by atoms with Crippen molar-refractivity contribution in [1.82, 2.24) is 25.2 Å². The molecular weight excluding hydrogens is 480 g/mol. The summed E-state index contributed by atoms with van der Waals surface area (Å²) in [7, 11) is 1.52. The van der Waals surface area contributed by atoms with Gasteiger partial charge in [-0.1, -0.05) is 6.07 Å². The largest absolute Gasteiger partial charge is 0.497 e. The maximum atomic E-state index is 13.2. The Bertz CT molecular complexity index is 1660. The normalized spacial score (nSPS) is 18.8. The Morgan fingerprint density at radius 2 is 2.00 bits per heavy atom. The average molecular weight is 500 g/mol. The van der Waals surface area contributed by atoms with Crippen molar-refractivity contribution in [3.63, 3.8) is 0 Å². The highest BCUT2D eigenvalue weighted by Crippen LogP contribution is 2.39. The first-order valence-corrected chi connectivity index (χ1v) is 11.4. The molecule has 0 unspecified atom stereocenters. The van der Waals surface area contributed by atoms with Crippen LogP contribution >= 0.6 is 0 Å². The molecule has 6 rings (SSSR count). The van der Waals surface area contributed by atoms with Crippen molar-refractivity contribution in [2.24, 2.45) is 0 Å². The van der Waals surface area contributed by atoms with Crippen molar-refractivity contribution in [3.8, 4) is 5.75 Å². The molecule has 186 valence electrons. The number of ether oxygens (including phenoxy) is 1. The number of nitrogens with zero attached hydrogens (tertiary/aromatic N) is 3. The van der Waals surface area contributed by atoms with E-state index in [0.29, 0.717) is 28.2 Å². The molecular formula is C25H20N6O6. The zero-order valence-electron chi connectivity index (χ0n) is 19.5. The van der Waals surface area contributed by atoms with Crippen LogP contribution in [0, 0.1) is 0 Å². The summed E-state index contributed by atoms with van der Waals surface area (Å²) < 4.78 is 11.3. The van der Waals surface area contributed by atoms with Crippen LogP contribution < -0.4 is 20.9 Å². The molecule has 0 saturated carbocycles. The molecule has 0 aliphatic carbocycles. The first-order chi connectivity index (χ1) is 17.8. The monoisotopic (exact) mass is 500 g/mol.